The lowest BCUT2D eigenvalue weighted by molar-refractivity contribution is -0.137. The van der Waals surface area contributed by atoms with Crippen LogP contribution in [-0.2, 0) is 27.4 Å². The number of nitrogens with zero attached hydrogens (tertiary/aromatic N) is 2. The number of carbonyl (C=O) groups excluding carboxylic acids is 1. The summed E-state index contributed by atoms with van der Waals surface area (Å²) in [5.41, 5.74) is 1.97. The maximum atomic E-state index is 13.7. The summed E-state index contributed by atoms with van der Waals surface area (Å²) < 4.78 is 67.8. The van der Waals surface area contributed by atoms with Gasteiger partial charge in [0, 0.05) is 18.0 Å². The van der Waals surface area contributed by atoms with Gasteiger partial charge < -0.3 is 4.90 Å². The Morgan fingerprint density at radius 2 is 1.86 bits per heavy atom. The molecule has 0 fully saturated rings. The van der Waals surface area contributed by atoms with Crippen LogP contribution in [0.2, 0.25) is 0 Å². The molecule has 2 aromatic carbocycles. The van der Waals surface area contributed by atoms with E-state index in [2.05, 4.69) is 0 Å². The number of alkyl halides is 3. The van der Waals surface area contributed by atoms with E-state index in [4.69, 9.17) is 0 Å². The molecule has 1 aliphatic heterocycles. The lowest BCUT2D eigenvalue weighted by atomic mass is 9.90. The number of aryl methyl sites for hydroxylation is 1. The molecule has 0 radical (unpaired) electrons. The molecule has 1 atom stereocenters. The summed E-state index contributed by atoms with van der Waals surface area (Å²) >= 11 is 1.64. The van der Waals surface area contributed by atoms with Gasteiger partial charge in [-0.3, -0.25) is 4.79 Å². The molecule has 0 aliphatic carbocycles. The van der Waals surface area contributed by atoms with Crippen molar-refractivity contribution in [3.63, 3.8) is 0 Å². The van der Waals surface area contributed by atoms with Crippen molar-refractivity contribution in [2.24, 2.45) is 0 Å². The van der Waals surface area contributed by atoms with Crippen molar-refractivity contribution in [3.8, 4) is 0 Å². The fourth-order valence-corrected chi connectivity index (χ4v) is 7.03. The number of carbonyl (C=O) groups is 1. The maximum absolute atomic E-state index is 13.7. The molecular weight excluding hydrogens is 521 g/mol. The first-order valence-corrected chi connectivity index (χ1v) is 14.4. The number of amides is 1. The Morgan fingerprint density at radius 1 is 1.11 bits per heavy atom. The molecule has 1 aromatic heterocycles. The normalized spacial score (nSPS) is 16.2. The molecule has 1 unspecified atom stereocenters. The second kappa shape index (κ2) is 11.0. The van der Waals surface area contributed by atoms with Crippen LogP contribution >= 0.6 is 11.3 Å². The average Bonchev–Trinajstić information content (AvgIpc) is 3.35. The zero-order valence-corrected chi connectivity index (χ0v) is 22.3. The molecule has 198 valence electrons. The van der Waals surface area contributed by atoms with Gasteiger partial charge >= 0.3 is 6.18 Å². The first-order chi connectivity index (χ1) is 17.5. The number of fused-ring (bicyclic) bond motifs is 1. The number of halogens is 3. The van der Waals surface area contributed by atoms with Crippen LogP contribution in [0.25, 0.3) is 0 Å². The standard InChI is InChI=1S/C27H29F3N2O3S2/c1-3-4-14-31(37(34,35)21-10-7-9-20(17-21)27(28,29)30)18-25(33)32-15-12-24-23(13-16-36-24)26(32)22-11-6-5-8-19(22)2/h5-11,13,16-17,26H,3-4,12,14-15,18H2,1-2H3. The highest BCUT2D eigenvalue weighted by Crippen LogP contribution is 2.39. The van der Waals surface area contributed by atoms with E-state index in [-0.39, 0.29) is 18.5 Å². The fraction of sp³-hybridized carbons (Fsp3) is 0.370. The zero-order chi connectivity index (χ0) is 26.8. The smallest absolute Gasteiger partial charge is 0.330 e. The molecule has 5 nitrogen and oxygen atoms in total. The summed E-state index contributed by atoms with van der Waals surface area (Å²) in [4.78, 5) is 16.2. The minimum atomic E-state index is -4.68. The van der Waals surface area contributed by atoms with Gasteiger partial charge in [0.15, 0.2) is 0 Å². The van der Waals surface area contributed by atoms with Crippen molar-refractivity contribution >= 4 is 27.3 Å². The summed E-state index contributed by atoms with van der Waals surface area (Å²) in [5.74, 6) is -0.378. The van der Waals surface area contributed by atoms with Crippen LogP contribution in [0.1, 0.15) is 52.9 Å². The van der Waals surface area contributed by atoms with Crippen molar-refractivity contribution in [1.82, 2.24) is 9.21 Å². The predicted octanol–water partition coefficient (Wildman–Crippen LogP) is 6.04. The number of thiophene rings is 1. The highest BCUT2D eigenvalue weighted by molar-refractivity contribution is 7.89. The van der Waals surface area contributed by atoms with E-state index in [1.54, 1.807) is 16.2 Å². The molecule has 1 aliphatic rings. The second-order valence-corrected chi connectivity index (χ2v) is 12.1. The van der Waals surface area contributed by atoms with Crippen LogP contribution in [-0.4, -0.2) is 43.2 Å². The number of sulfonamides is 1. The number of rotatable bonds is 8. The van der Waals surface area contributed by atoms with E-state index >= 15 is 0 Å². The van der Waals surface area contributed by atoms with Gasteiger partial charge in [0.05, 0.1) is 23.0 Å². The molecule has 1 amide bonds. The van der Waals surface area contributed by atoms with Gasteiger partial charge in [0.2, 0.25) is 15.9 Å². The lowest BCUT2D eigenvalue weighted by Crippen LogP contribution is -2.47. The zero-order valence-electron chi connectivity index (χ0n) is 20.7. The molecule has 37 heavy (non-hydrogen) atoms. The topological polar surface area (TPSA) is 57.7 Å². The van der Waals surface area contributed by atoms with Crippen LogP contribution in [0.15, 0.2) is 64.9 Å². The molecule has 2 heterocycles. The summed E-state index contributed by atoms with van der Waals surface area (Å²) in [6.07, 6.45) is -2.88. The molecule has 0 N–H and O–H groups in total. The molecular formula is C27H29F3N2O3S2. The summed E-state index contributed by atoms with van der Waals surface area (Å²) in [6, 6.07) is 13.1. The Morgan fingerprint density at radius 3 is 2.57 bits per heavy atom. The van der Waals surface area contributed by atoms with Gasteiger partial charge in [-0.25, -0.2) is 8.42 Å². The van der Waals surface area contributed by atoms with E-state index in [1.165, 1.54) is 4.88 Å². The predicted molar refractivity (Wildman–Crippen MR) is 138 cm³/mol. The van der Waals surface area contributed by atoms with Crippen molar-refractivity contribution in [2.75, 3.05) is 19.6 Å². The van der Waals surface area contributed by atoms with E-state index in [1.807, 2.05) is 49.6 Å². The van der Waals surface area contributed by atoms with Gasteiger partial charge in [0.25, 0.3) is 0 Å². The molecule has 0 saturated carbocycles. The summed E-state index contributed by atoms with van der Waals surface area (Å²) in [7, 11) is -4.34. The van der Waals surface area contributed by atoms with Crippen LogP contribution in [0, 0.1) is 6.92 Å². The fourth-order valence-electron chi connectivity index (χ4n) is 4.66. The number of benzene rings is 2. The van der Waals surface area contributed by atoms with E-state index in [0.717, 1.165) is 39.2 Å². The van der Waals surface area contributed by atoms with Crippen LogP contribution in [0.5, 0.6) is 0 Å². The molecule has 0 spiro atoms. The van der Waals surface area contributed by atoms with Crippen LogP contribution < -0.4 is 0 Å². The third-order valence-corrected chi connectivity index (χ3v) is 9.48. The number of unbranched alkanes of at least 4 members (excludes halogenated alkanes) is 1. The second-order valence-electron chi connectivity index (χ2n) is 9.11. The number of hydrogen-bond donors (Lipinski definition) is 0. The van der Waals surface area contributed by atoms with E-state index in [9.17, 15) is 26.4 Å². The maximum Gasteiger partial charge on any atom is 0.416 e. The molecule has 4 rings (SSSR count). The third kappa shape index (κ3) is 5.76. The lowest BCUT2D eigenvalue weighted by Gasteiger charge is -2.38. The first kappa shape index (κ1) is 27.3. The first-order valence-electron chi connectivity index (χ1n) is 12.1. The van der Waals surface area contributed by atoms with Crippen LogP contribution in [0.4, 0.5) is 13.2 Å². The van der Waals surface area contributed by atoms with Crippen molar-refractivity contribution < 1.29 is 26.4 Å². The van der Waals surface area contributed by atoms with Gasteiger partial charge in [-0.05, 0) is 66.1 Å². The van der Waals surface area contributed by atoms with Crippen molar-refractivity contribution in [3.05, 3.63) is 87.1 Å². The van der Waals surface area contributed by atoms with Crippen molar-refractivity contribution in [2.45, 2.75) is 50.2 Å². The quantitative estimate of drug-likeness (QED) is 0.344. The highest BCUT2D eigenvalue weighted by Gasteiger charge is 2.37. The minimum absolute atomic E-state index is 0.0351. The Hall–Kier alpha value is -2.69. The van der Waals surface area contributed by atoms with Gasteiger partial charge in [0.1, 0.15) is 0 Å². The van der Waals surface area contributed by atoms with Crippen LogP contribution in [0.3, 0.4) is 0 Å². The molecule has 0 bridgehead atoms. The van der Waals surface area contributed by atoms with E-state index < -0.39 is 33.2 Å². The Balaban J connectivity index is 1.68. The summed E-state index contributed by atoms with van der Waals surface area (Å²) in [6.45, 7) is 3.88. The molecule has 10 heteroatoms. The van der Waals surface area contributed by atoms with Gasteiger partial charge in [-0.1, -0.05) is 43.7 Å². The summed E-state index contributed by atoms with van der Waals surface area (Å²) in [5, 5.41) is 2.00. The monoisotopic (exact) mass is 550 g/mol. The molecule has 0 saturated heterocycles. The SMILES string of the molecule is CCCCN(CC(=O)N1CCc2sccc2C1c1ccccc1C)S(=O)(=O)c1cccc(C(F)(F)F)c1. The Labute approximate surface area is 219 Å². The molecule has 3 aromatic rings. The van der Waals surface area contributed by atoms with Gasteiger partial charge in [-0.2, -0.15) is 17.5 Å². The van der Waals surface area contributed by atoms with E-state index in [0.29, 0.717) is 31.9 Å². The third-order valence-electron chi connectivity index (χ3n) is 6.64. The Bertz CT molecular complexity index is 1370. The average molecular weight is 551 g/mol. The minimum Gasteiger partial charge on any atom is -0.330 e. The largest absolute Gasteiger partial charge is 0.416 e. The van der Waals surface area contributed by atoms with Crippen molar-refractivity contribution in [1.29, 1.82) is 0 Å². The Kier molecular flexibility index (Phi) is 8.11. The highest BCUT2D eigenvalue weighted by atomic mass is 32.2. The van der Waals surface area contributed by atoms with Gasteiger partial charge in [-0.15, -0.1) is 11.3 Å². The number of hydrogen-bond acceptors (Lipinski definition) is 4.